The number of allylic oxidation sites excluding steroid dienone is 1. The van der Waals surface area contributed by atoms with Gasteiger partial charge in [-0.05, 0) is 36.9 Å². The average Bonchev–Trinajstić information content (AvgIpc) is 2.05. The monoisotopic (exact) mass is 164 g/mol. The molecule has 1 heterocycles. The summed E-state index contributed by atoms with van der Waals surface area (Å²) < 4.78 is 0. The van der Waals surface area contributed by atoms with E-state index in [2.05, 4.69) is 18.5 Å². The van der Waals surface area contributed by atoms with Crippen LogP contribution in [-0.2, 0) is 0 Å². The fourth-order valence-electron chi connectivity index (χ4n) is 1.45. The van der Waals surface area contributed by atoms with Gasteiger partial charge in [-0.2, -0.15) is 0 Å². The highest BCUT2D eigenvalue weighted by molar-refractivity contribution is 5.34. The largest absolute Gasteiger partial charge is 0.405 e. The summed E-state index contributed by atoms with van der Waals surface area (Å²) in [6.45, 7) is 5.89. The molecule has 2 nitrogen and oxygen atoms in total. The first kappa shape index (κ1) is 9.07. The van der Waals surface area contributed by atoms with Crippen molar-refractivity contribution in [1.82, 2.24) is 4.90 Å². The molecule has 1 aliphatic heterocycles. The second kappa shape index (κ2) is 4.12. The first-order valence-corrected chi connectivity index (χ1v) is 4.19. The number of hydrogen-bond donors (Lipinski definition) is 1. The van der Waals surface area contributed by atoms with Gasteiger partial charge in [0.05, 0.1) is 0 Å². The highest BCUT2D eigenvalue weighted by atomic mass is 15.1. The second-order valence-corrected chi connectivity index (χ2v) is 3.10. The highest BCUT2D eigenvalue weighted by Crippen LogP contribution is 2.18. The average molecular weight is 164 g/mol. The van der Waals surface area contributed by atoms with E-state index < -0.39 is 0 Å². The van der Waals surface area contributed by atoms with E-state index in [0.29, 0.717) is 0 Å². The number of hydrogen-bond acceptors (Lipinski definition) is 2. The fraction of sp³-hybridized carbons (Fsp3) is 0.400. The Morgan fingerprint density at radius 1 is 1.50 bits per heavy atom. The summed E-state index contributed by atoms with van der Waals surface area (Å²) >= 11 is 0. The topological polar surface area (TPSA) is 29.3 Å². The minimum absolute atomic E-state index is 0.981. The summed E-state index contributed by atoms with van der Waals surface area (Å²) in [4.78, 5) is 2.28. The molecule has 0 aromatic carbocycles. The van der Waals surface area contributed by atoms with E-state index in [1.807, 2.05) is 12.2 Å². The maximum Gasteiger partial charge on any atom is 0.0234 e. The molecule has 0 aromatic rings. The van der Waals surface area contributed by atoms with Crippen molar-refractivity contribution < 1.29 is 0 Å². The normalized spacial score (nSPS) is 20.4. The first-order chi connectivity index (χ1) is 5.77. The van der Waals surface area contributed by atoms with Crippen LogP contribution in [0.4, 0.5) is 0 Å². The molecule has 0 aliphatic carbocycles. The molecule has 0 unspecified atom stereocenters. The molecule has 2 N–H and O–H groups in total. The number of likely N-dealkylation sites (N-methyl/N-ethyl adjacent to an activating group) is 1. The van der Waals surface area contributed by atoms with E-state index in [0.717, 1.165) is 19.5 Å². The van der Waals surface area contributed by atoms with Gasteiger partial charge in [-0.3, -0.25) is 0 Å². The molecule has 12 heavy (non-hydrogen) atoms. The molecule has 2 heteroatoms. The van der Waals surface area contributed by atoms with E-state index in [9.17, 15) is 0 Å². The molecule has 1 rings (SSSR count). The molecule has 0 bridgehead atoms. The third kappa shape index (κ3) is 1.98. The van der Waals surface area contributed by atoms with E-state index in [1.54, 1.807) is 6.20 Å². The van der Waals surface area contributed by atoms with Crippen LogP contribution in [0.2, 0.25) is 0 Å². The number of rotatable bonds is 2. The SMILES string of the molecule is C=CC1=C(/C=C\N)CN(C)CC1. The van der Waals surface area contributed by atoms with Crippen LogP contribution in [-0.4, -0.2) is 25.0 Å². The van der Waals surface area contributed by atoms with Crippen molar-refractivity contribution in [3.05, 3.63) is 36.1 Å². The Hall–Kier alpha value is -1.02. The summed E-state index contributed by atoms with van der Waals surface area (Å²) in [7, 11) is 2.12. The quantitative estimate of drug-likeness (QED) is 0.666. The van der Waals surface area contributed by atoms with Crippen LogP contribution in [0, 0.1) is 0 Å². The Kier molecular flexibility index (Phi) is 3.11. The lowest BCUT2D eigenvalue weighted by Gasteiger charge is -2.24. The Labute approximate surface area is 74.0 Å². The van der Waals surface area contributed by atoms with Crippen LogP contribution in [0.25, 0.3) is 0 Å². The third-order valence-electron chi connectivity index (χ3n) is 2.16. The second-order valence-electron chi connectivity index (χ2n) is 3.10. The van der Waals surface area contributed by atoms with Crippen LogP contribution in [0.1, 0.15) is 6.42 Å². The van der Waals surface area contributed by atoms with Crippen molar-refractivity contribution in [2.45, 2.75) is 6.42 Å². The lowest BCUT2D eigenvalue weighted by Crippen LogP contribution is -2.27. The minimum atomic E-state index is 0.981. The molecule has 0 saturated carbocycles. The summed E-state index contributed by atoms with van der Waals surface area (Å²) in [6, 6.07) is 0. The molecule has 0 radical (unpaired) electrons. The van der Waals surface area contributed by atoms with Gasteiger partial charge in [-0.25, -0.2) is 0 Å². The van der Waals surface area contributed by atoms with Crippen LogP contribution < -0.4 is 5.73 Å². The fourth-order valence-corrected chi connectivity index (χ4v) is 1.45. The van der Waals surface area contributed by atoms with E-state index in [-0.39, 0.29) is 0 Å². The van der Waals surface area contributed by atoms with Crippen molar-refractivity contribution in [1.29, 1.82) is 0 Å². The smallest absolute Gasteiger partial charge is 0.0234 e. The molecule has 0 spiro atoms. The Bertz CT molecular complexity index is 226. The van der Waals surface area contributed by atoms with Crippen molar-refractivity contribution >= 4 is 0 Å². The Morgan fingerprint density at radius 3 is 2.83 bits per heavy atom. The summed E-state index contributed by atoms with van der Waals surface area (Å²) in [5, 5.41) is 0. The number of nitrogens with two attached hydrogens (primary N) is 1. The standard InChI is InChI=1S/C10H16N2/c1-3-9-5-7-12(2)8-10(9)4-6-11/h3-4,6H,1,5,7-8,11H2,2H3/b6-4-. The van der Waals surface area contributed by atoms with Gasteiger partial charge in [0.25, 0.3) is 0 Å². The van der Waals surface area contributed by atoms with Gasteiger partial charge in [0, 0.05) is 13.1 Å². The van der Waals surface area contributed by atoms with Gasteiger partial charge in [-0.1, -0.05) is 12.7 Å². The molecule has 0 aromatic heterocycles. The molecular formula is C10H16N2. The van der Waals surface area contributed by atoms with Crippen molar-refractivity contribution in [2.24, 2.45) is 5.73 Å². The third-order valence-corrected chi connectivity index (χ3v) is 2.16. The Morgan fingerprint density at radius 2 is 2.25 bits per heavy atom. The molecule has 0 saturated heterocycles. The molecule has 1 aliphatic rings. The number of nitrogens with zero attached hydrogens (tertiary/aromatic N) is 1. The molecule has 0 amide bonds. The van der Waals surface area contributed by atoms with Gasteiger partial charge < -0.3 is 10.6 Å². The van der Waals surface area contributed by atoms with Crippen molar-refractivity contribution in [3.8, 4) is 0 Å². The van der Waals surface area contributed by atoms with Gasteiger partial charge in [0.1, 0.15) is 0 Å². The molecule has 0 atom stereocenters. The van der Waals surface area contributed by atoms with Crippen LogP contribution in [0.3, 0.4) is 0 Å². The maximum absolute atomic E-state index is 5.35. The van der Waals surface area contributed by atoms with Crippen LogP contribution in [0.5, 0.6) is 0 Å². The van der Waals surface area contributed by atoms with Gasteiger partial charge >= 0.3 is 0 Å². The van der Waals surface area contributed by atoms with Gasteiger partial charge in [0.15, 0.2) is 0 Å². The summed E-state index contributed by atoms with van der Waals surface area (Å²) in [5.74, 6) is 0. The predicted molar refractivity (Wildman–Crippen MR) is 52.7 cm³/mol. The van der Waals surface area contributed by atoms with E-state index in [4.69, 9.17) is 5.73 Å². The maximum atomic E-state index is 5.35. The predicted octanol–water partition coefficient (Wildman–Crippen LogP) is 1.28. The van der Waals surface area contributed by atoms with Crippen molar-refractivity contribution in [2.75, 3.05) is 20.1 Å². The zero-order valence-corrected chi connectivity index (χ0v) is 7.59. The molecule has 0 fully saturated rings. The van der Waals surface area contributed by atoms with Crippen molar-refractivity contribution in [3.63, 3.8) is 0 Å². The lowest BCUT2D eigenvalue weighted by atomic mass is 10.0. The molecule has 66 valence electrons. The van der Waals surface area contributed by atoms with E-state index >= 15 is 0 Å². The first-order valence-electron chi connectivity index (χ1n) is 4.19. The van der Waals surface area contributed by atoms with Crippen LogP contribution >= 0.6 is 0 Å². The van der Waals surface area contributed by atoms with Crippen LogP contribution in [0.15, 0.2) is 36.1 Å². The van der Waals surface area contributed by atoms with Gasteiger partial charge in [0.2, 0.25) is 0 Å². The summed E-state index contributed by atoms with van der Waals surface area (Å²) in [5.41, 5.74) is 7.98. The lowest BCUT2D eigenvalue weighted by molar-refractivity contribution is 0.354. The van der Waals surface area contributed by atoms with E-state index in [1.165, 1.54) is 11.1 Å². The zero-order valence-electron chi connectivity index (χ0n) is 7.59. The zero-order chi connectivity index (χ0) is 8.97. The van der Waals surface area contributed by atoms with Gasteiger partial charge in [-0.15, -0.1) is 0 Å². The minimum Gasteiger partial charge on any atom is -0.405 e. The Balaban J connectivity index is 2.84. The highest BCUT2D eigenvalue weighted by Gasteiger charge is 2.11. The molecular weight excluding hydrogens is 148 g/mol. The summed E-state index contributed by atoms with van der Waals surface area (Å²) in [6.07, 6.45) is 6.58.